The highest BCUT2D eigenvalue weighted by atomic mass is 35.5. The van der Waals surface area contributed by atoms with Gasteiger partial charge in [0.2, 0.25) is 0 Å². The van der Waals surface area contributed by atoms with Crippen LogP contribution in [0.25, 0.3) is 11.0 Å². The van der Waals surface area contributed by atoms with E-state index < -0.39 is 0 Å². The van der Waals surface area contributed by atoms with Gasteiger partial charge in [0.15, 0.2) is 5.22 Å². The summed E-state index contributed by atoms with van der Waals surface area (Å²) in [5.74, 6) is 0. The molecule has 0 unspecified atom stereocenters. The van der Waals surface area contributed by atoms with E-state index in [9.17, 15) is 0 Å². The molecular weight excluding hydrogens is 258 g/mol. The molecule has 0 atom stereocenters. The number of nitrogens with one attached hydrogen (secondary N) is 1. The highest BCUT2D eigenvalue weighted by Gasteiger charge is 2.11. The first-order chi connectivity index (χ1) is 8.34. The van der Waals surface area contributed by atoms with Gasteiger partial charge < -0.3 is 9.73 Å². The molecule has 2 heterocycles. The van der Waals surface area contributed by atoms with Crippen molar-refractivity contribution >= 4 is 39.1 Å². The molecule has 3 aromatic rings. The van der Waals surface area contributed by atoms with Gasteiger partial charge in [-0.1, -0.05) is 22.7 Å². The van der Waals surface area contributed by atoms with Gasteiger partial charge in [-0.05, 0) is 17.7 Å². The average molecular weight is 266 g/mol. The summed E-state index contributed by atoms with van der Waals surface area (Å²) in [4.78, 5) is 0. The van der Waals surface area contributed by atoms with E-state index in [0.717, 1.165) is 21.5 Å². The summed E-state index contributed by atoms with van der Waals surface area (Å²) >= 11 is 7.38. The molecular formula is C11H8ClN3OS. The van der Waals surface area contributed by atoms with Crippen LogP contribution >= 0.6 is 23.1 Å². The first-order valence-electron chi connectivity index (χ1n) is 5.02. The van der Waals surface area contributed by atoms with Crippen molar-refractivity contribution in [3.63, 3.8) is 0 Å². The standard InChI is InChI=1S/C11H8ClN3OS/c12-11-8(5-13-10-6-14-15-17-10)7-3-1-2-4-9(7)16-11/h1-4,6,13H,5H2. The van der Waals surface area contributed by atoms with Gasteiger partial charge in [-0.2, -0.15) is 0 Å². The molecule has 0 radical (unpaired) electrons. The van der Waals surface area contributed by atoms with Gasteiger partial charge in [0.1, 0.15) is 10.6 Å². The second-order valence-corrected chi connectivity index (χ2v) is 4.61. The third kappa shape index (κ3) is 1.99. The third-order valence-corrected chi connectivity index (χ3v) is 3.38. The van der Waals surface area contributed by atoms with E-state index in [1.807, 2.05) is 24.3 Å². The lowest BCUT2D eigenvalue weighted by Gasteiger charge is -2.00. The van der Waals surface area contributed by atoms with Crippen molar-refractivity contribution in [1.82, 2.24) is 9.59 Å². The fourth-order valence-corrected chi connectivity index (χ4v) is 2.32. The molecule has 0 aliphatic rings. The van der Waals surface area contributed by atoms with E-state index in [-0.39, 0.29) is 0 Å². The molecule has 0 saturated carbocycles. The van der Waals surface area contributed by atoms with Gasteiger partial charge in [-0.3, -0.25) is 0 Å². The minimum atomic E-state index is 0.427. The molecule has 2 aromatic heterocycles. The van der Waals surface area contributed by atoms with Crippen molar-refractivity contribution in [2.75, 3.05) is 5.32 Å². The molecule has 0 saturated heterocycles. The molecule has 0 amide bonds. The Morgan fingerprint density at radius 2 is 2.24 bits per heavy atom. The quantitative estimate of drug-likeness (QED) is 0.787. The molecule has 0 aliphatic heterocycles. The first-order valence-corrected chi connectivity index (χ1v) is 6.17. The van der Waals surface area contributed by atoms with E-state index in [1.165, 1.54) is 11.5 Å². The summed E-state index contributed by atoms with van der Waals surface area (Å²) < 4.78 is 9.25. The Morgan fingerprint density at radius 3 is 3.06 bits per heavy atom. The van der Waals surface area contributed by atoms with Gasteiger partial charge in [0.05, 0.1) is 6.20 Å². The van der Waals surface area contributed by atoms with E-state index in [2.05, 4.69) is 14.9 Å². The Kier molecular flexibility index (Phi) is 2.70. The van der Waals surface area contributed by atoms with Crippen molar-refractivity contribution < 1.29 is 4.42 Å². The van der Waals surface area contributed by atoms with E-state index in [0.29, 0.717) is 11.8 Å². The summed E-state index contributed by atoms with van der Waals surface area (Å²) in [7, 11) is 0. The number of anilines is 1. The Balaban J connectivity index is 1.92. The molecule has 86 valence electrons. The number of hydrogen-bond donors (Lipinski definition) is 1. The second kappa shape index (κ2) is 4.35. The molecule has 0 fully saturated rings. The summed E-state index contributed by atoms with van der Waals surface area (Å²) in [6.45, 7) is 0.597. The van der Waals surface area contributed by atoms with Crippen molar-refractivity contribution in [3.05, 3.63) is 41.2 Å². The predicted molar refractivity (Wildman–Crippen MR) is 68.5 cm³/mol. The highest BCUT2D eigenvalue weighted by Crippen LogP contribution is 2.30. The van der Waals surface area contributed by atoms with Crippen LogP contribution < -0.4 is 5.32 Å². The molecule has 6 heteroatoms. The second-order valence-electron chi connectivity index (χ2n) is 3.49. The summed E-state index contributed by atoms with van der Waals surface area (Å²) in [6, 6.07) is 7.78. The van der Waals surface area contributed by atoms with Crippen LogP contribution in [0.3, 0.4) is 0 Å². The fourth-order valence-electron chi connectivity index (χ4n) is 1.65. The molecule has 4 nitrogen and oxygen atoms in total. The minimum absolute atomic E-state index is 0.427. The van der Waals surface area contributed by atoms with Crippen LogP contribution in [0.4, 0.5) is 5.00 Å². The van der Waals surface area contributed by atoms with Gasteiger partial charge >= 0.3 is 0 Å². The van der Waals surface area contributed by atoms with Crippen molar-refractivity contribution in [3.8, 4) is 0 Å². The van der Waals surface area contributed by atoms with Crippen molar-refractivity contribution in [1.29, 1.82) is 0 Å². The van der Waals surface area contributed by atoms with Crippen LogP contribution in [0.2, 0.25) is 5.22 Å². The maximum Gasteiger partial charge on any atom is 0.199 e. The Labute approximate surface area is 106 Å². The molecule has 1 N–H and O–H groups in total. The average Bonchev–Trinajstić information content (AvgIpc) is 2.93. The first kappa shape index (κ1) is 10.6. The molecule has 0 spiro atoms. The van der Waals surface area contributed by atoms with E-state index >= 15 is 0 Å². The molecule has 3 rings (SSSR count). The molecule has 0 aliphatic carbocycles. The summed E-state index contributed by atoms with van der Waals surface area (Å²) in [5.41, 5.74) is 1.76. The van der Waals surface area contributed by atoms with Crippen LogP contribution in [0.1, 0.15) is 5.56 Å². The number of aromatic nitrogens is 2. The lowest BCUT2D eigenvalue weighted by atomic mass is 10.2. The number of furan rings is 1. The Bertz CT molecular complexity index is 635. The number of fused-ring (bicyclic) bond motifs is 1. The lowest BCUT2D eigenvalue weighted by Crippen LogP contribution is -1.97. The third-order valence-electron chi connectivity index (χ3n) is 2.45. The van der Waals surface area contributed by atoms with Gasteiger partial charge in [0.25, 0.3) is 0 Å². The van der Waals surface area contributed by atoms with E-state index in [1.54, 1.807) is 6.20 Å². The lowest BCUT2D eigenvalue weighted by molar-refractivity contribution is 0.613. The predicted octanol–water partition coefficient (Wildman–Crippen LogP) is 3.55. The van der Waals surface area contributed by atoms with Crippen molar-refractivity contribution in [2.24, 2.45) is 0 Å². The summed E-state index contributed by atoms with van der Waals surface area (Å²) in [5, 5.41) is 9.33. The van der Waals surface area contributed by atoms with Gasteiger partial charge in [-0.25, -0.2) is 0 Å². The fraction of sp³-hybridized carbons (Fsp3) is 0.0909. The zero-order valence-corrected chi connectivity index (χ0v) is 10.3. The maximum atomic E-state index is 6.07. The van der Waals surface area contributed by atoms with Crippen LogP contribution in [0, 0.1) is 0 Å². The molecule has 17 heavy (non-hydrogen) atoms. The monoisotopic (exact) mass is 265 g/mol. The number of nitrogens with zero attached hydrogens (tertiary/aromatic N) is 2. The maximum absolute atomic E-state index is 6.07. The zero-order valence-electron chi connectivity index (χ0n) is 8.68. The van der Waals surface area contributed by atoms with E-state index in [4.69, 9.17) is 16.0 Å². The van der Waals surface area contributed by atoms with Crippen LogP contribution in [-0.4, -0.2) is 9.59 Å². The minimum Gasteiger partial charge on any atom is -0.444 e. The SMILES string of the molecule is Clc1oc2ccccc2c1CNc1cnns1. The number of para-hydroxylation sites is 1. The number of rotatable bonds is 3. The Morgan fingerprint density at radius 1 is 1.35 bits per heavy atom. The molecule has 1 aromatic carbocycles. The van der Waals surface area contributed by atoms with Gasteiger partial charge in [-0.15, -0.1) is 5.10 Å². The largest absolute Gasteiger partial charge is 0.444 e. The zero-order chi connectivity index (χ0) is 11.7. The topological polar surface area (TPSA) is 51.0 Å². The molecule has 0 bridgehead atoms. The van der Waals surface area contributed by atoms with Crippen LogP contribution in [0.15, 0.2) is 34.9 Å². The summed E-state index contributed by atoms with van der Waals surface area (Å²) in [6.07, 6.45) is 1.68. The number of halogens is 1. The van der Waals surface area contributed by atoms with Crippen molar-refractivity contribution in [2.45, 2.75) is 6.54 Å². The van der Waals surface area contributed by atoms with Gasteiger partial charge in [0, 0.05) is 29.0 Å². The number of hydrogen-bond acceptors (Lipinski definition) is 5. The van der Waals surface area contributed by atoms with Crippen LogP contribution in [0.5, 0.6) is 0 Å². The number of benzene rings is 1. The normalized spacial score (nSPS) is 10.9. The van der Waals surface area contributed by atoms with Crippen LogP contribution in [-0.2, 0) is 6.54 Å². The highest BCUT2D eigenvalue weighted by molar-refractivity contribution is 7.09. The Hall–Kier alpha value is -1.59. The smallest absolute Gasteiger partial charge is 0.199 e.